The van der Waals surface area contributed by atoms with E-state index < -0.39 is 15.1 Å². The fourth-order valence-electron chi connectivity index (χ4n) is 2.83. The molecule has 0 radical (unpaired) electrons. The van der Waals surface area contributed by atoms with Gasteiger partial charge in [0.2, 0.25) is 5.56 Å². The van der Waals surface area contributed by atoms with E-state index in [4.69, 9.17) is 4.74 Å². The van der Waals surface area contributed by atoms with Crippen molar-refractivity contribution in [1.82, 2.24) is 14.5 Å². The summed E-state index contributed by atoms with van der Waals surface area (Å²) < 4.78 is 32.2. The third-order valence-corrected chi connectivity index (χ3v) is 6.87. The van der Waals surface area contributed by atoms with E-state index in [9.17, 15) is 18.5 Å². The molecule has 3 rings (SSSR count). The number of aryl methyl sites for hydroxylation is 2. The summed E-state index contributed by atoms with van der Waals surface area (Å²) in [6.07, 6.45) is 1.60. The number of benzene rings is 1. The lowest BCUT2D eigenvalue weighted by molar-refractivity contribution is 0.436. The first-order valence-electron chi connectivity index (χ1n) is 9.55. The quantitative estimate of drug-likeness (QED) is 0.580. The highest BCUT2D eigenvalue weighted by atomic mass is 32.2. The maximum atomic E-state index is 12.5. The topological polar surface area (TPSA) is 115 Å². The minimum Gasteiger partial charge on any atom is -0.423 e. The lowest BCUT2D eigenvalue weighted by Gasteiger charge is -2.13. The summed E-state index contributed by atoms with van der Waals surface area (Å²) in [6.45, 7) is 5.00. The molecular formula is C22H22N4O4S. The van der Waals surface area contributed by atoms with Crippen LogP contribution in [0.5, 0.6) is 11.8 Å². The van der Waals surface area contributed by atoms with E-state index in [2.05, 4.69) is 16.0 Å². The molecule has 31 heavy (non-hydrogen) atoms. The number of rotatable bonds is 6. The molecule has 8 nitrogen and oxygen atoms in total. The van der Waals surface area contributed by atoms with E-state index in [0.717, 1.165) is 0 Å². The number of ether oxygens (including phenoxy) is 1. The molecule has 0 saturated carbocycles. The summed E-state index contributed by atoms with van der Waals surface area (Å²) in [4.78, 5) is 20.4. The zero-order chi connectivity index (χ0) is 22.8. The smallest absolute Gasteiger partial charge is 0.322 e. The number of para-hydroxylation sites is 1. The molecule has 1 aromatic carbocycles. The molecule has 0 aliphatic heterocycles. The molecule has 0 aliphatic carbocycles. The van der Waals surface area contributed by atoms with Gasteiger partial charge in [0.25, 0.3) is 0 Å². The van der Waals surface area contributed by atoms with Crippen LogP contribution in [0.1, 0.15) is 30.7 Å². The van der Waals surface area contributed by atoms with E-state index in [0.29, 0.717) is 28.1 Å². The van der Waals surface area contributed by atoms with Gasteiger partial charge >= 0.3 is 6.01 Å². The fraction of sp³-hybridized carbons (Fsp3) is 0.273. The number of aromatic nitrogens is 3. The van der Waals surface area contributed by atoms with Crippen LogP contribution in [-0.2, 0) is 22.6 Å². The second-order valence-electron chi connectivity index (χ2n) is 7.42. The Kier molecular flexibility index (Phi) is 6.22. The van der Waals surface area contributed by atoms with Gasteiger partial charge in [0.1, 0.15) is 6.07 Å². The predicted octanol–water partition coefficient (Wildman–Crippen LogP) is 3.14. The molecular weight excluding hydrogens is 416 g/mol. The summed E-state index contributed by atoms with van der Waals surface area (Å²) in [7, 11) is -1.82. The Bertz CT molecular complexity index is 1340. The molecule has 0 fully saturated rings. The van der Waals surface area contributed by atoms with Gasteiger partial charge in [-0.05, 0) is 44.5 Å². The Morgan fingerprint density at radius 1 is 1.19 bits per heavy atom. The Morgan fingerprint density at radius 3 is 2.58 bits per heavy atom. The summed E-state index contributed by atoms with van der Waals surface area (Å²) in [5.74, 6) is 0.0153. The molecule has 0 saturated heterocycles. The first-order chi connectivity index (χ1) is 14.6. The molecule has 0 bridgehead atoms. The van der Waals surface area contributed by atoms with Crippen LogP contribution in [0.15, 0.2) is 47.4 Å². The third-order valence-electron chi connectivity index (χ3n) is 4.73. The van der Waals surface area contributed by atoms with E-state index in [-0.39, 0.29) is 23.0 Å². The van der Waals surface area contributed by atoms with Crippen LogP contribution in [0.3, 0.4) is 0 Å². The lowest BCUT2D eigenvalue weighted by atomic mass is 10.1. The van der Waals surface area contributed by atoms with Gasteiger partial charge in [-0.15, -0.1) is 0 Å². The van der Waals surface area contributed by atoms with E-state index in [1.54, 1.807) is 64.3 Å². The van der Waals surface area contributed by atoms with Crippen molar-refractivity contribution in [2.45, 2.75) is 31.8 Å². The first-order valence-corrected chi connectivity index (χ1v) is 11.3. The summed E-state index contributed by atoms with van der Waals surface area (Å²) in [5, 5.41) is 8.82. The molecule has 0 unspecified atom stereocenters. The Labute approximate surface area is 180 Å². The summed E-state index contributed by atoms with van der Waals surface area (Å²) in [6, 6.07) is 11.7. The largest absolute Gasteiger partial charge is 0.423 e. The highest BCUT2D eigenvalue weighted by Crippen LogP contribution is 2.29. The minimum atomic E-state index is -3.43. The van der Waals surface area contributed by atoms with E-state index in [1.165, 1.54) is 10.6 Å². The number of pyridine rings is 1. The van der Waals surface area contributed by atoms with Crippen molar-refractivity contribution in [3.63, 3.8) is 0 Å². The van der Waals surface area contributed by atoms with Gasteiger partial charge in [0.15, 0.2) is 15.6 Å². The Morgan fingerprint density at radius 2 is 1.94 bits per heavy atom. The minimum absolute atomic E-state index is 0.0777. The lowest BCUT2D eigenvalue weighted by Crippen LogP contribution is -2.17. The molecule has 0 atom stereocenters. The van der Waals surface area contributed by atoms with Crippen LogP contribution < -0.4 is 10.3 Å². The highest BCUT2D eigenvalue weighted by molar-refractivity contribution is 7.91. The van der Waals surface area contributed by atoms with Crippen molar-refractivity contribution >= 4 is 9.84 Å². The normalized spacial score (nSPS) is 11.4. The zero-order valence-electron chi connectivity index (χ0n) is 17.7. The van der Waals surface area contributed by atoms with Gasteiger partial charge in [0.05, 0.1) is 28.0 Å². The van der Waals surface area contributed by atoms with Gasteiger partial charge in [-0.3, -0.25) is 4.79 Å². The summed E-state index contributed by atoms with van der Waals surface area (Å²) in [5.41, 5.74) is 2.11. The van der Waals surface area contributed by atoms with Gasteiger partial charge in [-0.25, -0.2) is 8.42 Å². The highest BCUT2D eigenvalue weighted by Gasteiger charge is 2.20. The molecule has 160 valence electrons. The van der Waals surface area contributed by atoms with Crippen LogP contribution >= 0.6 is 0 Å². The van der Waals surface area contributed by atoms with E-state index >= 15 is 0 Å². The second kappa shape index (κ2) is 8.70. The SMILES string of the molecule is Cc1cccc(C#N)c1Oc1nc(CS(=O)(=O)C(C)C)cc(-c2ccc(=O)n(C)c2)n1. The van der Waals surface area contributed by atoms with Gasteiger partial charge in [-0.1, -0.05) is 12.1 Å². The van der Waals surface area contributed by atoms with Crippen LogP contribution in [-0.4, -0.2) is 28.2 Å². The molecule has 0 aliphatic rings. The average molecular weight is 439 g/mol. The summed E-state index contributed by atoms with van der Waals surface area (Å²) >= 11 is 0. The van der Waals surface area contributed by atoms with Crippen molar-refractivity contribution in [1.29, 1.82) is 5.26 Å². The Hall–Kier alpha value is -3.51. The van der Waals surface area contributed by atoms with Gasteiger partial charge in [-0.2, -0.15) is 15.2 Å². The number of nitrogens with zero attached hydrogens (tertiary/aromatic N) is 4. The molecule has 2 aromatic heterocycles. The molecule has 0 amide bonds. The van der Waals surface area contributed by atoms with Crippen LogP contribution in [0.2, 0.25) is 0 Å². The molecule has 2 heterocycles. The van der Waals surface area contributed by atoms with Crippen LogP contribution in [0.4, 0.5) is 0 Å². The number of hydrogen-bond acceptors (Lipinski definition) is 7. The maximum Gasteiger partial charge on any atom is 0.322 e. The second-order valence-corrected chi connectivity index (χ2v) is 9.97. The molecule has 0 N–H and O–H groups in total. The fourth-order valence-corrected chi connectivity index (χ4v) is 3.72. The number of hydrogen-bond donors (Lipinski definition) is 0. The van der Waals surface area contributed by atoms with Crippen molar-refractivity contribution in [3.05, 3.63) is 69.8 Å². The van der Waals surface area contributed by atoms with Crippen molar-refractivity contribution < 1.29 is 13.2 Å². The zero-order valence-corrected chi connectivity index (χ0v) is 18.5. The number of sulfone groups is 1. The molecule has 3 aromatic rings. The monoisotopic (exact) mass is 438 g/mol. The predicted molar refractivity (Wildman–Crippen MR) is 116 cm³/mol. The van der Waals surface area contributed by atoms with Crippen molar-refractivity contribution in [2.75, 3.05) is 0 Å². The standard InChI is InChI=1S/C22H22N4O4S/c1-14(2)31(28,29)13-18-10-19(17-8-9-20(27)26(4)12-17)25-22(24-18)30-21-15(3)6-5-7-16(21)11-23/h5-10,12,14H,13H2,1-4H3. The third kappa shape index (κ3) is 4.98. The van der Waals surface area contributed by atoms with Crippen molar-refractivity contribution in [3.8, 4) is 29.1 Å². The first kappa shape index (κ1) is 22.2. The van der Waals surface area contributed by atoms with Crippen molar-refractivity contribution in [2.24, 2.45) is 7.05 Å². The Balaban J connectivity index is 2.14. The van der Waals surface area contributed by atoms with Gasteiger partial charge < -0.3 is 9.30 Å². The van der Waals surface area contributed by atoms with Gasteiger partial charge in [0, 0.05) is 24.9 Å². The maximum absolute atomic E-state index is 12.5. The average Bonchev–Trinajstić information content (AvgIpc) is 2.71. The van der Waals surface area contributed by atoms with E-state index in [1.807, 2.05) is 0 Å². The number of nitriles is 1. The molecule has 9 heteroatoms. The van der Waals surface area contributed by atoms with Crippen LogP contribution in [0.25, 0.3) is 11.3 Å². The molecule has 0 spiro atoms. The van der Waals surface area contributed by atoms with Crippen LogP contribution in [0, 0.1) is 18.3 Å².